The van der Waals surface area contributed by atoms with E-state index in [-0.39, 0.29) is 29.5 Å². The van der Waals surface area contributed by atoms with Gasteiger partial charge in [0, 0.05) is 24.1 Å². The summed E-state index contributed by atoms with van der Waals surface area (Å²) in [6, 6.07) is 9.72. The molecule has 1 N–H and O–H groups in total. The summed E-state index contributed by atoms with van der Waals surface area (Å²) in [5.41, 5.74) is 2.53. The Morgan fingerprint density at radius 1 is 1.23 bits per heavy atom. The third-order valence-electron chi connectivity index (χ3n) is 5.69. The van der Waals surface area contributed by atoms with Crippen LogP contribution < -0.4 is 5.32 Å². The Kier molecular flexibility index (Phi) is 6.91. The summed E-state index contributed by atoms with van der Waals surface area (Å²) in [5, 5.41) is 7.91. The van der Waals surface area contributed by atoms with Gasteiger partial charge in [-0.1, -0.05) is 45.9 Å². The van der Waals surface area contributed by atoms with E-state index in [1.807, 2.05) is 44.2 Å². The molecule has 1 aromatic heterocycles. The second-order valence-electron chi connectivity index (χ2n) is 9.32. The molecule has 0 saturated carbocycles. The Hall–Kier alpha value is -2.19. The molecule has 1 saturated heterocycles. The molecule has 2 heterocycles. The molecule has 170 valence electrons. The van der Waals surface area contributed by atoms with Crippen molar-refractivity contribution in [2.45, 2.75) is 59.3 Å². The maximum absolute atomic E-state index is 13.2. The first-order chi connectivity index (χ1) is 14.5. The number of hydrogen-bond acceptors (Lipinski definition) is 4. The zero-order valence-electron chi connectivity index (χ0n) is 19.2. The number of rotatable bonds is 6. The molecule has 31 heavy (non-hydrogen) atoms. The van der Waals surface area contributed by atoms with E-state index in [9.17, 15) is 13.2 Å². The number of nitrogens with one attached hydrogen (secondary N) is 1. The van der Waals surface area contributed by atoms with Gasteiger partial charge in [0.15, 0.2) is 0 Å². The molecule has 0 spiro atoms. The monoisotopic (exact) mass is 446 g/mol. The number of anilines is 1. The van der Waals surface area contributed by atoms with Gasteiger partial charge in [0.2, 0.25) is 15.9 Å². The van der Waals surface area contributed by atoms with Gasteiger partial charge in [-0.05, 0) is 38.3 Å². The molecule has 1 fully saturated rings. The molecule has 1 aliphatic rings. The van der Waals surface area contributed by atoms with Crippen molar-refractivity contribution in [3.8, 4) is 5.69 Å². The smallest absolute Gasteiger partial charge is 0.229 e. The molecule has 1 atom stereocenters. The minimum atomic E-state index is -3.31. The van der Waals surface area contributed by atoms with Crippen molar-refractivity contribution < 1.29 is 13.2 Å². The van der Waals surface area contributed by atoms with Gasteiger partial charge in [0.25, 0.3) is 0 Å². The molecule has 1 unspecified atom stereocenters. The van der Waals surface area contributed by atoms with Crippen molar-refractivity contribution in [2.24, 2.45) is 5.92 Å². The van der Waals surface area contributed by atoms with E-state index in [0.29, 0.717) is 31.6 Å². The third-order valence-corrected chi connectivity index (χ3v) is 7.73. The van der Waals surface area contributed by atoms with E-state index in [4.69, 9.17) is 5.10 Å². The third kappa shape index (κ3) is 5.18. The van der Waals surface area contributed by atoms with Gasteiger partial charge < -0.3 is 5.32 Å². The van der Waals surface area contributed by atoms with Crippen LogP contribution in [0.15, 0.2) is 30.3 Å². The van der Waals surface area contributed by atoms with Crippen molar-refractivity contribution in [1.82, 2.24) is 14.1 Å². The van der Waals surface area contributed by atoms with Crippen molar-refractivity contribution in [1.29, 1.82) is 0 Å². The van der Waals surface area contributed by atoms with Crippen molar-refractivity contribution in [2.75, 3.05) is 24.2 Å². The molecule has 8 heteroatoms. The zero-order chi connectivity index (χ0) is 22.8. The van der Waals surface area contributed by atoms with Crippen LogP contribution in [0.2, 0.25) is 0 Å². The topological polar surface area (TPSA) is 84.3 Å². The maximum Gasteiger partial charge on any atom is 0.229 e. The number of amides is 1. The van der Waals surface area contributed by atoms with Crippen LogP contribution in [0, 0.1) is 12.8 Å². The minimum absolute atomic E-state index is 0.121. The number of hydrogen-bond donors (Lipinski definition) is 1. The summed E-state index contributed by atoms with van der Waals surface area (Å²) in [5.74, 6) is 0.236. The summed E-state index contributed by atoms with van der Waals surface area (Å²) in [6.07, 6.45) is 1.93. The van der Waals surface area contributed by atoms with Crippen LogP contribution in [0.1, 0.15) is 58.2 Å². The number of benzene rings is 1. The van der Waals surface area contributed by atoms with Crippen LogP contribution in [0.5, 0.6) is 0 Å². The quantitative estimate of drug-likeness (QED) is 0.730. The van der Waals surface area contributed by atoms with Crippen LogP contribution in [0.4, 0.5) is 5.82 Å². The van der Waals surface area contributed by atoms with Crippen LogP contribution >= 0.6 is 0 Å². The first-order valence-electron chi connectivity index (χ1n) is 11.0. The molecular formula is C23H34N4O3S. The molecule has 0 aliphatic carbocycles. The Bertz CT molecular complexity index is 1020. The Morgan fingerprint density at radius 2 is 1.90 bits per heavy atom. The Morgan fingerprint density at radius 3 is 2.52 bits per heavy atom. The minimum Gasteiger partial charge on any atom is -0.310 e. The normalized spacial score (nSPS) is 18.2. The maximum atomic E-state index is 13.2. The molecule has 2 aromatic rings. The largest absolute Gasteiger partial charge is 0.310 e. The highest BCUT2D eigenvalue weighted by Crippen LogP contribution is 2.32. The fourth-order valence-electron chi connectivity index (χ4n) is 4.13. The fourth-order valence-corrected chi connectivity index (χ4v) is 5.71. The summed E-state index contributed by atoms with van der Waals surface area (Å²) < 4.78 is 28.3. The van der Waals surface area contributed by atoms with E-state index in [0.717, 1.165) is 16.9 Å². The molecule has 0 bridgehead atoms. The standard InChI is InChI=1S/C23H34N4O3S/c1-6-15-31(29,30)26-14-10-11-18(16-26)22(28)24-21-17(2)20(23(3,4)5)25-27(21)19-12-8-7-9-13-19/h7-9,12-13,18H,6,10-11,14-16H2,1-5H3,(H,24,28). The Labute approximate surface area is 185 Å². The summed E-state index contributed by atoms with van der Waals surface area (Å²) in [7, 11) is -3.31. The van der Waals surface area contributed by atoms with E-state index in [1.165, 1.54) is 4.31 Å². The highest BCUT2D eigenvalue weighted by molar-refractivity contribution is 7.89. The van der Waals surface area contributed by atoms with Crippen LogP contribution in [0.25, 0.3) is 5.69 Å². The highest BCUT2D eigenvalue weighted by atomic mass is 32.2. The van der Waals surface area contributed by atoms with Gasteiger partial charge in [-0.2, -0.15) is 5.10 Å². The SMILES string of the molecule is CCCS(=O)(=O)N1CCCC(C(=O)Nc2c(C)c(C(C)(C)C)nn2-c2ccccc2)C1. The van der Waals surface area contributed by atoms with Gasteiger partial charge >= 0.3 is 0 Å². The average molecular weight is 447 g/mol. The summed E-state index contributed by atoms with van der Waals surface area (Å²) >= 11 is 0. The first-order valence-corrected chi connectivity index (χ1v) is 12.6. The molecule has 0 radical (unpaired) electrons. The second-order valence-corrected chi connectivity index (χ2v) is 11.4. The van der Waals surface area contributed by atoms with E-state index < -0.39 is 10.0 Å². The van der Waals surface area contributed by atoms with Gasteiger partial charge in [-0.25, -0.2) is 17.4 Å². The van der Waals surface area contributed by atoms with Crippen molar-refractivity contribution >= 4 is 21.7 Å². The molecule has 1 aromatic carbocycles. The highest BCUT2D eigenvalue weighted by Gasteiger charge is 2.33. The van der Waals surface area contributed by atoms with E-state index in [2.05, 4.69) is 26.1 Å². The van der Waals surface area contributed by atoms with Crippen molar-refractivity contribution in [3.05, 3.63) is 41.6 Å². The lowest BCUT2D eigenvalue weighted by atomic mass is 9.90. The number of carbonyl (C=O) groups excluding carboxylic acids is 1. The van der Waals surface area contributed by atoms with Crippen LogP contribution in [0.3, 0.4) is 0 Å². The lowest BCUT2D eigenvalue weighted by molar-refractivity contribution is -0.120. The Balaban J connectivity index is 1.89. The van der Waals surface area contributed by atoms with Crippen LogP contribution in [-0.4, -0.2) is 47.3 Å². The average Bonchev–Trinajstić information content (AvgIpc) is 3.05. The summed E-state index contributed by atoms with van der Waals surface area (Å²) in [6.45, 7) is 10.8. The van der Waals surface area contributed by atoms with Crippen LogP contribution in [-0.2, 0) is 20.2 Å². The van der Waals surface area contributed by atoms with Crippen molar-refractivity contribution in [3.63, 3.8) is 0 Å². The number of para-hydroxylation sites is 1. The zero-order valence-corrected chi connectivity index (χ0v) is 20.0. The molecule has 1 aliphatic heterocycles. The lowest BCUT2D eigenvalue weighted by Gasteiger charge is -2.31. The molecule has 1 amide bonds. The predicted molar refractivity (Wildman–Crippen MR) is 124 cm³/mol. The van der Waals surface area contributed by atoms with E-state index in [1.54, 1.807) is 4.68 Å². The van der Waals surface area contributed by atoms with Gasteiger partial charge in [-0.15, -0.1) is 0 Å². The first kappa shape index (κ1) is 23.5. The second kappa shape index (κ2) is 9.12. The number of aromatic nitrogens is 2. The number of nitrogens with zero attached hydrogens (tertiary/aromatic N) is 3. The van der Waals surface area contributed by atoms with Gasteiger partial charge in [-0.3, -0.25) is 4.79 Å². The molecule has 3 rings (SSSR count). The fraction of sp³-hybridized carbons (Fsp3) is 0.565. The number of sulfonamides is 1. The van der Waals surface area contributed by atoms with Gasteiger partial charge in [0.1, 0.15) is 5.82 Å². The lowest BCUT2D eigenvalue weighted by Crippen LogP contribution is -2.44. The predicted octanol–water partition coefficient (Wildman–Crippen LogP) is 3.87. The van der Waals surface area contributed by atoms with E-state index >= 15 is 0 Å². The molecule has 7 nitrogen and oxygen atoms in total. The number of carbonyl (C=O) groups is 1. The number of piperidine rings is 1. The molecular weight excluding hydrogens is 412 g/mol. The van der Waals surface area contributed by atoms with Gasteiger partial charge in [0.05, 0.1) is 23.1 Å². The summed E-state index contributed by atoms with van der Waals surface area (Å²) in [4.78, 5) is 13.2.